The van der Waals surface area contributed by atoms with Crippen LogP contribution in [0.3, 0.4) is 0 Å². The first-order chi connectivity index (χ1) is 13.2. The molecule has 0 bridgehead atoms. The van der Waals surface area contributed by atoms with Gasteiger partial charge in [0.2, 0.25) is 10.0 Å². The molecule has 0 amide bonds. The van der Waals surface area contributed by atoms with E-state index in [2.05, 4.69) is 4.98 Å². The predicted octanol–water partition coefficient (Wildman–Crippen LogP) is 2.41. The molecule has 11 heteroatoms. The van der Waals surface area contributed by atoms with Crippen LogP contribution < -0.4 is 0 Å². The van der Waals surface area contributed by atoms with Crippen molar-refractivity contribution in [2.24, 2.45) is 0 Å². The van der Waals surface area contributed by atoms with Crippen molar-refractivity contribution in [2.75, 3.05) is 26.3 Å². The summed E-state index contributed by atoms with van der Waals surface area (Å²) >= 11 is 0. The van der Waals surface area contributed by atoms with Crippen LogP contribution in [0.4, 0.5) is 13.2 Å². The normalized spacial score (nSPS) is 16.1. The van der Waals surface area contributed by atoms with E-state index >= 15 is 0 Å². The first kappa shape index (κ1) is 20.4. The Morgan fingerprint density at radius 1 is 1.21 bits per heavy atom. The summed E-state index contributed by atoms with van der Waals surface area (Å²) < 4.78 is 75.3. The Hall–Kier alpha value is -2.37. The van der Waals surface area contributed by atoms with E-state index in [0.717, 1.165) is 18.3 Å². The zero-order valence-corrected chi connectivity index (χ0v) is 15.3. The number of alkyl halides is 3. The third-order valence-corrected chi connectivity index (χ3v) is 6.04. The minimum absolute atomic E-state index is 0.128. The number of hydrogen-bond acceptors (Lipinski definition) is 5. The van der Waals surface area contributed by atoms with Crippen LogP contribution in [-0.2, 0) is 32.3 Å². The fourth-order valence-electron chi connectivity index (χ4n) is 2.72. The smallest absolute Gasteiger partial charge is 0.416 e. The van der Waals surface area contributed by atoms with Crippen molar-refractivity contribution < 1.29 is 35.9 Å². The minimum atomic E-state index is -4.57. The average Bonchev–Trinajstić information content (AvgIpc) is 3.17. The lowest BCUT2D eigenvalue weighted by atomic mass is 10.1. The molecular weight excluding hydrogens is 401 g/mol. The van der Waals surface area contributed by atoms with Crippen LogP contribution in [-0.4, -0.2) is 50.0 Å². The molecule has 0 saturated carbocycles. The van der Waals surface area contributed by atoms with Crippen LogP contribution in [0, 0.1) is 0 Å². The number of morpholine rings is 1. The number of nitrogens with zero attached hydrogens (tertiary/aromatic N) is 1. The molecule has 0 spiro atoms. The van der Waals surface area contributed by atoms with Gasteiger partial charge in [0.1, 0.15) is 17.2 Å². The topological polar surface area (TPSA) is 88.7 Å². The number of aromatic amines is 1. The number of carbonyl (C=O) groups excluding carboxylic acids is 1. The Kier molecular flexibility index (Phi) is 5.77. The van der Waals surface area contributed by atoms with Crippen LogP contribution in [0.2, 0.25) is 0 Å². The summed E-state index contributed by atoms with van der Waals surface area (Å²) in [6.07, 6.45) is -3.43. The maximum absolute atomic E-state index is 13.0. The molecule has 0 atom stereocenters. The van der Waals surface area contributed by atoms with Crippen LogP contribution in [0.25, 0.3) is 0 Å². The molecule has 1 aliphatic rings. The largest absolute Gasteiger partial charge is 0.456 e. The van der Waals surface area contributed by atoms with E-state index in [-0.39, 0.29) is 42.5 Å². The highest BCUT2D eigenvalue weighted by Crippen LogP contribution is 2.32. The van der Waals surface area contributed by atoms with Crippen LogP contribution in [0.5, 0.6) is 0 Å². The van der Waals surface area contributed by atoms with Crippen molar-refractivity contribution in [1.82, 2.24) is 9.29 Å². The van der Waals surface area contributed by atoms with E-state index in [4.69, 9.17) is 9.47 Å². The number of esters is 1. The maximum Gasteiger partial charge on any atom is 0.416 e. The number of carbonyl (C=O) groups is 1. The van der Waals surface area contributed by atoms with E-state index in [0.29, 0.717) is 0 Å². The van der Waals surface area contributed by atoms with Crippen molar-refractivity contribution in [3.63, 3.8) is 0 Å². The summed E-state index contributed by atoms with van der Waals surface area (Å²) in [4.78, 5) is 14.5. The fourth-order valence-corrected chi connectivity index (χ4v) is 4.12. The van der Waals surface area contributed by atoms with Crippen LogP contribution in [0.1, 0.15) is 21.6 Å². The second-order valence-electron chi connectivity index (χ2n) is 6.00. The van der Waals surface area contributed by atoms with Gasteiger partial charge < -0.3 is 14.5 Å². The summed E-state index contributed by atoms with van der Waals surface area (Å²) in [5.74, 6) is -0.958. The van der Waals surface area contributed by atoms with Crippen molar-refractivity contribution in [1.29, 1.82) is 0 Å². The number of ether oxygens (including phenoxy) is 2. The average molecular weight is 418 g/mol. The van der Waals surface area contributed by atoms with Gasteiger partial charge >= 0.3 is 12.1 Å². The van der Waals surface area contributed by atoms with Crippen LogP contribution in [0.15, 0.2) is 41.4 Å². The second kappa shape index (κ2) is 7.94. The van der Waals surface area contributed by atoms with Gasteiger partial charge in [0.05, 0.1) is 18.8 Å². The Bertz CT molecular complexity index is 950. The Morgan fingerprint density at radius 3 is 2.57 bits per heavy atom. The SMILES string of the molecule is O=C(OCc1ccccc1C(F)(F)F)c1cc(S(=O)(=O)N2CCOCC2)c[nH]1. The van der Waals surface area contributed by atoms with Crippen molar-refractivity contribution in [3.8, 4) is 0 Å². The molecule has 0 unspecified atom stereocenters. The molecule has 1 aliphatic heterocycles. The molecule has 1 aromatic heterocycles. The quantitative estimate of drug-likeness (QED) is 0.754. The standard InChI is InChI=1S/C17H17F3N2O5S/c18-17(19,20)14-4-2-1-3-12(14)11-27-16(23)15-9-13(10-21-15)28(24,25)22-5-7-26-8-6-22/h1-4,9-10,21H,5-8,11H2. The molecule has 1 fully saturated rings. The molecule has 0 aliphatic carbocycles. The lowest BCUT2D eigenvalue weighted by Crippen LogP contribution is -2.40. The molecule has 1 aromatic carbocycles. The molecule has 2 heterocycles. The van der Waals surface area contributed by atoms with Crippen LogP contribution >= 0.6 is 0 Å². The molecule has 7 nitrogen and oxygen atoms in total. The maximum atomic E-state index is 13.0. The summed E-state index contributed by atoms with van der Waals surface area (Å²) in [5, 5.41) is 0. The van der Waals surface area contributed by atoms with Gasteiger partial charge in [0.15, 0.2) is 0 Å². The van der Waals surface area contributed by atoms with Gasteiger partial charge in [-0.15, -0.1) is 0 Å². The van der Waals surface area contributed by atoms with E-state index in [9.17, 15) is 26.4 Å². The zero-order chi connectivity index (χ0) is 20.4. The van der Waals surface area contributed by atoms with Crippen molar-refractivity contribution in [3.05, 3.63) is 53.3 Å². The Labute approximate surface area is 159 Å². The third-order valence-electron chi connectivity index (χ3n) is 4.17. The molecule has 1 saturated heterocycles. The fraction of sp³-hybridized carbons (Fsp3) is 0.353. The minimum Gasteiger partial charge on any atom is -0.456 e. The Morgan fingerprint density at radius 2 is 1.89 bits per heavy atom. The van der Waals surface area contributed by atoms with Crippen molar-refractivity contribution in [2.45, 2.75) is 17.7 Å². The molecule has 152 valence electrons. The first-order valence-corrected chi connectivity index (χ1v) is 9.72. The second-order valence-corrected chi connectivity index (χ2v) is 7.93. The molecule has 2 aromatic rings. The Balaban J connectivity index is 1.70. The molecular formula is C17H17F3N2O5S. The highest BCUT2D eigenvalue weighted by molar-refractivity contribution is 7.89. The number of hydrogen-bond donors (Lipinski definition) is 1. The summed E-state index contributed by atoms with van der Waals surface area (Å²) in [6.45, 7) is 0.344. The highest BCUT2D eigenvalue weighted by atomic mass is 32.2. The third kappa shape index (κ3) is 4.37. The number of H-pyrrole nitrogens is 1. The van der Waals surface area contributed by atoms with E-state index in [1.54, 1.807) is 0 Å². The van der Waals surface area contributed by atoms with Gasteiger partial charge in [-0.3, -0.25) is 0 Å². The lowest BCUT2D eigenvalue weighted by Gasteiger charge is -2.25. The zero-order valence-electron chi connectivity index (χ0n) is 14.5. The molecule has 1 N–H and O–H groups in total. The van der Waals surface area contributed by atoms with Gasteiger partial charge in [0, 0.05) is 24.8 Å². The summed E-state index contributed by atoms with van der Waals surface area (Å²) in [6, 6.07) is 5.84. The summed E-state index contributed by atoms with van der Waals surface area (Å²) in [5.41, 5.74) is -1.27. The summed E-state index contributed by atoms with van der Waals surface area (Å²) in [7, 11) is -3.80. The number of nitrogens with one attached hydrogen (secondary N) is 1. The van der Waals surface area contributed by atoms with Gasteiger partial charge in [0.25, 0.3) is 0 Å². The molecule has 28 heavy (non-hydrogen) atoms. The number of halogens is 3. The van der Waals surface area contributed by atoms with E-state index < -0.39 is 34.3 Å². The predicted molar refractivity (Wildman–Crippen MR) is 90.9 cm³/mol. The monoisotopic (exact) mass is 418 g/mol. The highest BCUT2D eigenvalue weighted by Gasteiger charge is 2.33. The number of aromatic nitrogens is 1. The molecule has 3 rings (SSSR count). The van der Waals surface area contributed by atoms with E-state index in [1.807, 2.05) is 0 Å². The van der Waals surface area contributed by atoms with Gasteiger partial charge in [-0.1, -0.05) is 18.2 Å². The van der Waals surface area contributed by atoms with Gasteiger partial charge in [-0.2, -0.15) is 17.5 Å². The lowest BCUT2D eigenvalue weighted by molar-refractivity contribution is -0.138. The first-order valence-electron chi connectivity index (χ1n) is 8.28. The molecule has 0 radical (unpaired) electrons. The van der Waals surface area contributed by atoms with Gasteiger partial charge in [-0.05, 0) is 12.1 Å². The van der Waals surface area contributed by atoms with Crippen molar-refractivity contribution >= 4 is 16.0 Å². The number of benzene rings is 1. The van der Waals surface area contributed by atoms with E-state index in [1.165, 1.54) is 22.5 Å². The number of rotatable bonds is 5. The van der Waals surface area contributed by atoms with Gasteiger partial charge in [-0.25, -0.2) is 13.2 Å². The number of sulfonamides is 1.